The molecule has 51 heavy (non-hydrogen) atoms. The number of hydrogen-bond donors (Lipinski definition) is 2. The first-order valence-corrected chi connectivity index (χ1v) is 15.8. The third-order valence-corrected chi connectivity index (χ3v) is 8.42. The van der Waals surface area contributed by atoms with Crippen molar-refractivity contribution in [2.75, 3.05) is 19.8 Å². The van der Waals surface area contributed by atoms with Gasteiger partial charge in [-0.2, -0.15) is 0 Å². The molecule has 0 aliphatic carbocycles. The van der Waals surface area contributed by atoms with Crippen molar-refractivity contribution in [1.82, 2.24) is 9.97 Å². The molecular formula is C37H37ClF4N2O7. The van der Waals surface area contributed by atoms with Crippen LogP contribution in [0.1, 0.15) is 62.7 Å². The van der Waals surface area contributed by atoms with Gasteiger partial charge in [0.1, 0.15) is 39.6 Å². The summed E-state index contributed by atoms with van der Waals surface area (Å²) in [6.07, 6.45) is 2.08. The van der Waals surface area contributed by atoms with Gasteiger partial charge in [-0.3, -0.25) is 0 Å². The number of nitrogens with zero attached hydrogens (tertiary/aromatic N) is 2. The second-order valence-electron chi connectivity index (χ2n) is 12.0. The number of aliphatic hydroxyl groups is 2. The van der Waals surface area contributed by atoms with E-state index in [1.54, 1.807) is 26.8 Å². The van der Waals surface area contributed by atoms with Crippen molar-refractivity contribution in [3.63, 3.8) is 0 Å². The zero-order valence-corrected chi connectivity index (χ0v) is 28.0. The Morgan fingerprint density at radius 3 is 1.71 bits per heavy atom. The van der Waals surface area contributed by atoms with Gasteiger partial charge in [-0.05, 0) is 94.0 Å². The van der Waals surface area contributed by atoms with E-state index >= 15 is 0 Å². The summed E-state index contributed by atoms with van der Waals surface area (Å²) in [6.45, 7) is 9.45. The van der Waals surface area contributed by atoms with Gasteiger partial charge in [0, 0.05) is 34.4 Å². The van der Waals surface area contributed by atoms with Gasteiger partial charge in [0.15, 0.2) is 5.69 Å². The maximum absolute atomic E-state index is 14.3. The summed E-state index contributed by atoms with van der Waals surface area (Å²) in [7, 11) is 0. The predicted molar refractivity (Wildman–Crippen MR) is 180 cm³/mol. The Balaban J connectivity index is 0.000000261. The molecule has 2 aromatic carbocycles. The van der Waals surface area contributed by atoms with Crippen molar-refractivity contribution in [3.8, 4) is 34.0 Å². The molecule has 0 amide bonds. The number of aromatic nitrogens is 2. The summed E-state index contributed by atoms with van der Waals surface area (Å²) in [5.41, 5.74) is 1.03. The van der Waals surface area contributed by atoms with E-state index in [0.717, 1.165) is 18.2 Å². The quantitative estimate of drug-likeness (QED) is 0.0681. The van der Waals surface area contributed by atoms with Crippen molar-refractivity contribution >= 4 is 17.6 Å². The number of esters is 1. The first kappa shape index (κ1) is 40.9. The monoisotopic (exact) mass is 732 g/mol. The van der Waals surface area contributed by atoms with E-state index in [1.807, 2.05) is 0 Å². The summed E-state index contributed by atoms with van der Waals surface area (Å²) in [5, 5.41) is 19.1. The Kier molecular flexibility index (Phi) is 13.7. The average molecular weight is 733 g/mol. The van der Waals surface area contributed by atoms with E-state index in [2.05, 4.69) is 16.6 Å². The number of rotatable bonds is 6. The fraction of sp³-hybridized carbons (Fsp3) is 0.351. The Morgan fingerprint density at radius 2 is 1.27 bits per heavy atom. The fourth-order valence-electron chi connectivity index (χ4n) is 5.49. The number of pyridine rings is 2. The van der Waals surface area contributed by atoms with E-state index in [-0.39, 0.29) is 61.0 Å². The second kappa shape index (κ2) is 17.1. The normalized spacial score (nSPS) is 18.4. The molecule has 0 spiro atoms. The number of carbonyl (C=O) groups excluding carboxylic acids is 1. The fourth-order valence-corrected chi connectivity index (χ4v) is 5.68. The van der Waals surface area contributed by atoms with E-state index in [0.29, 0.717) is 47.9 Å². The molecule has 272 valence electrons. The Bertz CT molecular complexity index is 1910. The van der Waals surface area contributed by atoms with Crippen LogP contribution in [-0.4, -0.2) is 57.2 Å². The number of carbonyl (C=O) groups is 1. The van der Waals surface area contributed by atoms with Crippen LogP contribution in [0.2, 0.25) is 5.15 Å². The molecule has 2 atom stereocenters. The topological polar surface area (TPSA) is 131 Å². The molecule has 4 aromatic rings. The molecule has 0 radical (unpaired) electrons. The van der Waals surface area contributed by atoms with Gasteiger partial charge in [-0.25, -0.2) is 32.3 Å². The molecule has 6 rings (SSSR count). The van der Waals surface area contributed by atoms with Crippen LogP contribution >= 0.6 is 11.6 Å². The van der Waals surface area contributed by atoms with Crippen LogP contribution in [0.15, 0.2) is 48.5 Å². The van der Waals surface area contributed by atoms with Crippen LogP contribution in [0.3, 0.4) is 0 Å². The third kappa shape index (κ3) is 9.24. The zero-order chi connectivity index (χ0) is 36.8. The van der Waals surface area contributed by atoms with Gasteiger partial charge in [0.25, 0.3) is 0 Å². The predicted octanol–water partition coefficient (Wildman–Crippen LogP) is 7.63. The molecule has 2 aliphatic heterocycles. The van der Waals surface area contributed by atoms with Crippen LogP contribution in [0.25, 0.3) is 22.3 Å². The zero-order valence-electron chi connectivity index (χ0n) is 27.3. The van der Waals surface area contributed by atoms with Crippen LogP contribution in [0, 0.1) is 29.9 Å². The number of fused-ring (bicyclic) bond motifs is 2. The maximum atomic E-state index is 14.3. The number of halogens is 5. The van der Waals surface area contributed by atoms with Gasteiger partial charge in [0.05, 0.1) is 19.8 Å². The minimum atomic E-state index is -0.841. The van der Waals surface area contributed by atoms with Gasteiger partial charge in [0.2, 0.25) is 11.8 Å². The molecule has 14 heteroatoms. The van der Waals surface area contributed by atoms with Gasteiger partial charge in [-0.1, -0.05) is 19.0 Å². The number of ether oxygens (including phenoxy) is 3. The van der Waals surface area contributed by atoms with Crippen LogP contribution < -0.4 is 9.47 Å². The first-order chi connectivity index (χ1) is 23.8. The average Bonchev–Trinajstić information content (AvgIpc) is 3.08. The molecule has 0 bridgehead atoms. The number of aliphatic hydroxyl groups excluding tert-OH is 2. The van der Waals surface area contributed by atoms with Crippen molar-refractivity contribution in [3.05, 3.63) is 100 Å². The van der Waals surface area contributed by atoms with Gasteiger partial charge >= 0.3 is 17.3 Å². The standard InChI is InChI=1S/C19H19F2NO4.C16H14ClF2NO2.CO.CH4/c1-3-25-18(24)16-9-14(12-5-4-11(20)8-15(12)21)13-6-7-19(2,10-23)26-17(13)22-16;1-16(8-21)5-4-11-12(7-14(17)20-15(11)22-16)10-3-2-9(18)6-13(10)19;1-2;/h4-5,8-9,23H,3,6-7,10H2,1-2H3;2-3,6-7,21H,4-5,8H2,1H3;;1H4. The molecule has 2 aromatic heterocycles. The summed E-state index contributed by atoms with van der Waals surface area (Å²) in [4.78, 5) is 20.5. The first-order valence-electron chi connectivity index (χ1n) is 15.4. The molecule has 2 N–H and O–H groups in total. The summed E-state index contributed by atoms with van der Waals surface area (Å²) >= 11 is 6.00. The second-order valence-corrected chi connectivity index (χ2v) is 12.4. The summed E-state index contributed by atoms with van der Waals surface area (Å²) < 4.78 is 78.8. The molecule has 9 nitrogen and oxygen atoms in total. The van der Waals surface area contributed by atoms with Crippen molar-refractivity contribution in [1.29, 1.82) is 0 Å². The number of benzene rings is 2. The number of hydrogen-bond acceptors (Lipinski definition) is 8. The Labute approximate surface area is 297 Å². The molecule has 0 fully saturated rings. The van der Waals surface area contributed by atoms with Gasteiger partial charge < -0.3 is 24.4 Å². The van der Waals surface area contributed by atoms with Crippen LogP contribution in [0.5, 0.6) is 11.8 Å². The van der Waals surface area contributed by atoms with Crippen molar-refractivity contribution in [2.45, 2.75) is 65.1 Å². The SMILES string of the molecule is C.CC1(CO)CCc2c(-c3ccc(F)cc3F)cc(Cl)nc2O1.CCOC(=O)c1cc(-c2ccc(F)cc2F)c2c(n1)OC(C)(CO)CC2.[C-]#[O+]. The van der Waals surface area contributed by atoms with E-state index < -0.39 is 40.4 Å². The van der Waals surface area contributed by atoms with Crippen LogP contribution in [0.4, 0.5) is 17.6 Å². The van der Waals surface area contributed by atoms with Crippen molar-refractivity contribution < 1.29 is 51.4 Å². The Hall–Kier alpha value is -4.52. The Morgan fingerprint density at radius 1 is 0.824 bits per heavy atom. The molecule has 2 unspecified atom stereocenters. The summed E-state index contributed by atoms with van der Waals surface area (Å²) in [6, 6.07) is 9.62. The molecule has 0 saturated carbocycles. The summed E-state index contributed by atoms with van der Waals surface area (Å²) in [5.74, 6) is -2.98. The van der Waals surface area contributed by atoms with Gasteiger partial charge in [-0.15, -0.1) is 0 Å². The molecule has 2 aliphatic rings. The molecule has 4 heterocycles. The van der Waals surface area contributed by atoms with E-state index in [4.69, 9.17) is 30.5 Å². The van der Waals surface area contributed by atoms with Crippen molar-refractivity contribution in [2.24, 2.45) is 0 Å². The minimum absolute atomic E-state index is 0. The molecular weight excluding hydrogens is 696 g/mol. The van der Waals surface area contributed by atoms with E-state index in [1.165, 1.54) is 24.3 Å². The molecule has 0 saturated heterocycles. The third-order valence-electron chi connectivity index (χ3n) is 8.23. The van der Waals surface area contributed by atoms with Crippen LogP contribution in [-0.2, 0) is 22.2 Å². The van der Waals surface area contributed by atoms with E-state index in [9.17, 15) is 32.6 Å².